The number of carboxylic acid groups (broad SMARTS) is 1. The predicted molar refractivity (Wildman–Crippen MR) is 77.9 cm³/mol. The number of nitrogens with zero attached hydrogens (tertiary/aromatic N) is 1. The van der Waals surface area contributed by atoms with E-state index in [2.05, 4.69) is 0 Å². The molecule has 0 spiro atoms. The van der Waals surface area contributed by atoms with Gasteiger partial charge in [0.2, 0.25) is 5.91 Å². The molecule has 3 rings (SSSR count). The lowest BCUT2D eigenvalue weighted by Gasteiger charge is -2.17. The first-order valence-electron chi connectivity index (χ1n) is 6.31. The zero-order chi connectivity index (χ0) is 14.1. The minimum Gasteiger partial charge on any atom is -0.481 e. The van der Waals surface area contributed by atoms with Gasteiger partial charge in [-0.25, -0.2) is 0 Å². The first kappa shape index (κ1) is 12.9. The Kier molecular flexibility index (Phi) is 3.28. The van der Waals surface area contributed by atoms with Gasteiger partial charge in [-0.3, -0.25) is 9.59 Å². The van der Waals surface area contributed by atoms with E-state index in [-0.39, 0.29) is 18.9 Å². The Bertz CT molecular complexity index is 651. The average molecular weight is 287 g/mol. The molecule has 1 atom stereocenters. The molecule has 1 aliphatic rings. The molecule has 1 unspecified atom stereocenters. The lowest BCUT2D eigenvalue weighted by molar-refractivity contribution is -0.141. The van der Waals surface area contributed by atoms with Crippen molar-refractivity contribution >= 4 is 28.9 Å². The van der Waals surface area contributed by atoms with Crippen LogP contribution in [0, 0.1) is 5.92 Å². The summed E-state index contributed by atoms with van der Waals surface area (Å²) in [5.41, 5.74) is 2.91. The topological polar surface area (TPSA) is 57.6 Å². The van der Waals surface area contributed by atoms with Crippen molar-refractivity contribution in [1.29, 1.82) is 0 Å². The van der Waals surface area contributed by atoms with E-state index in [0.717, 1.165) is 16.8 Å². The summed E-state index contributed by atoms with van der Waals surface area (Å²) in [6.07, 6.45) is 0.0814. The molecule has 1 amide bonds. The number of carboxylic acids is 1. The molecule has 5 heteroatoms. The Hall–Kier alpha value is -2.14. The molecule has 4 nitrogen and oxygen atoms in total. The van der Waals surface area contributed by atoms with Crippen molar-refractivity contribution < 1.29 is 14.7 Å². The second kappa shape index (κ2) is 5.09. The molecule has 0 saturated carbocycles. The molecule has 0 aliphatic carbocycles. The number of carbonyl (C=O) groups excluding carboxylic acids is 1. The fourth-order valence-electron chi connectivity index (χ4n) is 2.40. The van der Waals surface area contributed by atoms with Gasteiger partial charge in [0, 0.05) is 18.7 Å². The Morgan fingerprint density at radius 1 is 1.30 bits per heavy atom. The maximum absolute atomic E-state index is 12.0. The minimum atomic E-state index is -0.908. The van der Waals surface area contributed by atoms with Gasteiger partial charge >= 0.3 is 5.97 Å². The molecule has 1 aromatic carbocycles. The van der Waals surface area contributed by atoms with E-state index in [1.807, 2.05) is 41.1 Å². The standard InChI is InChI=1S/C15H13NO3S/c17-14-7-12(15(18)19)8-16(14)13-3-1-2-10(6-13)11-4-5-20-9-11/h1-6,9,12H,7-8H2,(H,18,19). The van der Waals surface area contributed by atoms with Crippen LogP contribution in [0.25, 0.3) is 11.1 Å². The van der Waals surface area contributed by atoms with Crippen molar-refractivity contribution in [2.45, 2.75) is 6.42 Å². The second-order valence-corrected chi connectivity index (χ2v) is 5.59. The van der Waals surface area contributed by atoms with E-state index in [1.54, 1.807) is 16.2 Å². The summed E-state index contributed by atoms with van der Waals surface area (Å²) in [5.74, 6) is -1.64. The molecular weight excluding hydrogens is 274 g/mol. The molecule has 2 aromatic rings. The Labute approximate surface area is 120 Å². The fourth-order valence-corrected chi connectivity index (χ4v) is 3.07. The summed E-state index contributed by atoms with van der Waals surface area (Å²) < 4.78 is 0. The number of carbonyl (C=O) groups is 2. The summed E-state index contributed by atoms with van der Waals surface area (Å²) >= 11 is 1.62. The Morgan fingerprint density at radius 2 is 2.15 bits per heavy atom. The second-order valence-electron chi connectivity index (χ2n) is 4.81. The number of hydrogen-bond acceptors (Lipinski definition) is 3. The first-order valence-corrected chi connectivity index (χ1v) is 7.25. The predicted octanol–water partition coefficient (Wildman–Crippen LogP) is 2.85. The van der Waals surface area contributed by atoms with E-state index < -0.39 is 11.9 Å². The van der Waals surface area contributed by atoms with E-state index >= 15 is 0 Å². The molecule has 1 aliphatic heterocycles. The third kappa shape index (κ3) is 2.32. The number of aliphatic carboxylic acids is 1. The molecule has 1 fully saturated rings. The quantitative estimate of drug-likeness (QED) is 0.944. The van der Waals surface area contributed by atoms with Gasteiger partial charge in [0.15, 0.2) is 0 Å². The molecule has 20 heavy (non-hydrogen) atoms. The van der Waals surface area contributed by atoms with Crippen LogP contribution in [-0.2, 0) is 9.59 Å². The molecule has 1 saturated heterocycles. The summed E-state index contributed by atoms with van der Waals surface area (Å²) in [5, 5.41) is 13.1. The first-order chi connectivity index (χ1) is 9.65. The lowest BCUT2D eigenvalue weighted by Crippen LogP contribution is -2.25. The maximum Gasteiger partial charge on any atom is 0.308 e. The van der Waals surface area contributed by atoms with E-state index in [4.69, 9.17) is 5.11 Å². The molecule has 0 bridgehead atoms. The Balaban J connectivity index is 1.90. The highest BCUT2D eigenvalue weighted by Gasteiger charge is 2.35. The maximum atomic E-state index is 12.0. The molecule has 2 heterocycles. The number of anilines is 1. The van der Waals surface area contributed by atoms with Gasteiger partial charge < -0.3 is 10.0 Å². The van der Waals surface area contributed by atoms with Gasteiger partial charge in [-0.2, -0.15) is 11.3 Å². The Morgan fingerprint density at radius 3 is 2.80 bits per heavy atom. The van der Waals surface area contributed by atoms with Crippen molar-refractivity contribution in [3.63, 3.8) is 0 Å². The van der Waals surface area contributed by atoms with Gasteiger partial charge in [-0.05, 0) is 40.1 Å². The third-order valence-electron chi connectivity index (χ3n) is 3.49. The van der Waals surface area contributed by atoms with Gasteiger partial charge in [0.05, 0.1) is 5.92 Å². The van der Waals surface area contributed by atoms with Crippen LogP contribution in [0.15, 0.2) is 41.1 Å². The van der Waals surface area contributed by atoms with Crippen molar-refractivity contribution in [2.24, 2.45) is 5.92 Å². The van der Waals surface area contributed by atoms with Crippen molar-refractivity contribution in [3.8, 4) is 11.1 Å². The SMILES string of the molecule is O=C(O)C1CC(=O)N(c2cccc(-c3ccsc3)c2)C1. The van der Waals surface area contributed by atoms with E-state index in [1.165, 1.54) is 0 Å². The van der Waals surface area contributed by atoms with Crippen LogP contribution in [-0.4, -0.2) is 23.5 Å². The van der Waals surface area contributed by atoms with E-state index in [0.29, 0.717) is 0 Å². The number of hydrogen-bond donors (Lipinski definition) is 1. The van der Waals surface area contributed by atoms with Crippen molar-refractivity contribution in [3.05, 3.63) is 41.1 Å². The van der Waals surface area contributed by atoms with Crippen LogP contribution < -0.4 is 4.90 Å². The highest BCUT2D eigenvalue weighted by atomic mass is 32.1. The van der Waals surface area contributed by atoms with Crippen molar-refractivity contribution in [1.82, 2.24) is 0 Å². The summed E-state index contributed by atoms with van der Waals surface area (Å²) in [7, 11) is 0. The van der Waals surface area contributed by atoms with Crippen LogP contribution in [0.5, 0.6) is 0 Å². The van der Waals surface area contributed by atoms with Crippen LogP contribution in [0.4, 0.5) is 5.69 Å². The third-order valence-corrected chi connectivity index (χ3v) is 4.17. The smallest absolute Gasteiger partial charge is 0.308 e. The average Bonchev–Trinajstić information content (AvgIpc) is 3.08. The van der Waals surface area contributed by atoms with Gasteiger partial charge in [-0.1, -0.05) is 12.1 Å². The van der Waals surface area contributed by atoms with Gasteiger partial charge in [0.1, 0.15) is 0 Å². The van der Waals surface area contributed by atoms with Gasteiger partial charge in [0.25, 0.3) is 0 Å². The van der Waals surface area contributed by atoms with Gasteiger partial charge in [-0.15, -0.1) is 0 Å². The molecule has 1 aromatic heterocycles. The molecule has 0 radical (unpaired) electrons. The zero-order valence-electron chi connectivity index (χ0n) is 10.7. The minimum absolute atomic E-state index is 0.0814. The molecular formula is C15H13NO3S. The fraction of sp³-hybridized carbons (Fsp3) is 0.200. The normalized spacial score (nSPS) is 18.5. The van der Waals surface area contributed by atoms with E-state index in [9.17, 15) is 9.59 Å². The molecule has 1 N–H and O–H groups in total. The van der Waals surface area contributed by atoms with Crippen molar-refractivity contribution in [2.75, 3.05) is 11.4 Å². The molecule has 102 valence electrons. The van der Waals surface area contributed by atoms with Crippen LogP contribution in [0.3, 0.4) is 0 Å². The highest BCUT2D eigenvalue weighted by molar-refractivity contribution is 7.08. The number of thiophene rings is 1. The summed E-state index contributed by atoms with van der Waals surface area (Å²) in [4.78, 5) is 24.5. The summed E-state index contributed by atoms with van der Waals surface area (Å²) in [6.45, 7) is 0.251. The number of rotatable bonds is 3. The van der Waals surface area contributed by atoms with Crippen LogP contribution in [0.2, 0.25) is 0 Å². The number of benzene rings is 1. The summed E-state index contributed by atoms with van der Waals surface area (Å²) in [6, 6.07) is 9.68. The highest BCUT2D eigenvalue weighted by Crippen LogP contribution is 2.30. The van der Waals surface area contributed by atoms with Crippen LogP contribution >= 0.6 is 11.3 Å². The largest absolute Gasteiger partial charge is 0.481 e. The van der Waals surface area contributed by atoms with Crippen LogP contribution in [0.1, 0.15) is 6.42 Å². The monoisotopic (exact) mass is 287 g/mol. The number of amides is 1. The zero-order valence-corrected chi connectivity index (χ0v) is 11.5. The lowest BCUT2D eigenvalue weighted by atomic mass is 10.1.